The Morgan fingerprint density at radius 1 is 1.26 bits per heavy atom. The van der Waals surface area contributed by atoms with Gasteiger partial charge in [-0.3, -0.25) is 14.3 Å². The topological polar surface area (TPSA) is 97.9 Å². The molecule has 0 saturated heterocycles. The van der Waals surface area contributed by atoms with Gasteiger partial charge in [-0.15, -0.1) is 13.2 Å². The molecule has 2 N–H and O–H groups in total. The van der Waals surface area contributed by atoms with Gasteiger partial charge in [-0.25, -0.2) is 9.37 Å². The molecule has 0 spiro atoms. The van der Waals surface area contributed by atoms with E-state index in [4.69, 9.17) is 0 Å². The van der Waals surface area contributed by atoms with Crippen LogP contribution in [0, 0.1) is 5.82 Å². The molecule has 1 saturated carbocycles. The van der Waals surface area contributed by atoms with Crippen molar-refractivity contribution in [2.75, 3.05) is 0 Å². The Morgan fingerprint density at radius 3 is 2.50 bits per heavy atom. The van der Waals surface area contributed by atoms with Crippen LogP contribution in [0.4, 0.5) is 17.6 Å². The number of alkyl halides is 3. The van der Waals surface area contributed by atoms with E-state index in [0.29, 0.717) is 5.69 Å². The number of hydrogen-bond donors (Lipinski definition) is 2. The highest BCUT2D eigenvalue weighted by atomic mass is 19.4. The minimum absolute atomic E-state index is 0.0110. The number of carbonyl (C=O) groups is 1. The summed E-state index contributed by atoms with van der Waals surface area (Å²) in [6.07, 6.45) is -1.88. The van der Waals surface area contributed by atoms with Crippen LogP contribution in [0.15, 0.2) is 35.3 Å². The van der Waals surface area contributed by atoms with Crippen molar-refractivity contribution in [1.29, 1.82) is 0 Å². The van der Waals surface area contributed by atoms with Crippen LogP contribution in [0.1, 0.15) is 60.3 Å². The fourth-order valence-corrected chi connectivity index (χ4v) is 3.80. The van der Waals surface area contributed by atoms with Crippen LogP contribution >= 0.6 is 0 Å². The third kappa shape index (κ3) is 4.76. The number of hydrogen-bond acceptors (Lipinski definition) is 5. The quantitative estimate of drug-likeness (QED) is 0.526. The first kappa shape index (κ1) is 23.7. The Labute approximate surface area is 190 Å². The molecule has 8 nitrogen and oxygen atoms in total. The Balaban J connectivity index is 1.69. The van der Waals surface area contributed by atoms with E-state index in [2.05, 4.69) is 15.0 Å². The summed E-state index contributed by atoms with van der Waals surface area (Å²) in [5, 5.41) is 13.2. The van der Waals surface area contributed by atoms with Gasteiger partial charge in [0.25, 0.3) is 11.5 Å². The molecule has 12 heteroatoms. The van der Waals surface area contributed by atoms with Gasteiger partial charge in [0.15, 0.2) is 17.2 Å². The molecule has 1 aromatic carbocycles. The normalized spacial score (nSPS) is 15.4. The molecule has 1 aliphatic rings. The van der Waals surface area contributed by atoms with Gasteiger partial charge < -0.3 is 15.2 Å². The maximum Gasteiger partial charge on any atom is 0.573 e. The van der Waals surface area contributed by atoms with Crippen molar-refractivity contribution in [3.8, 4) is 5.75 Å². The predicted molar refractivity (Wildman–Crippen MR) is 112 cm³/mol. The van der Waals surface area contributed by atoms with E-state index in [0.717, 1.165) is 31.0 Å². The molecule has 2 aromatic heterocycles. The van der Waals surface area contributed by atoms with Crippen molar-refractivity contribution >= 4 is 11.6 Å². The third-order valence-corrected chi connectivity index (χ3v) is 5.53. The smallest absolute Gasteiger partial charge is 0.403 e. The first-order valence-corrected chi connectivity index (χ1v) is 10.4. The molecule has 1 atom stereocenters. The van der Waals surface area contributed by atoms with Crippen molar-refractivity contribution in [1.82, 2.24) is 19.5 Å². The van der Waals surface area contributed by atoms with Gasteiger partial charge in [0.1, 0.15) is 5.56 Å². The van der Waals surface area contributed by atoms with Crippen molar-refractivity contribution in [2.45, 2.75) is 50.6 Å². The summed E-state index contributed by atoms with van der Waals surface area (Å²) >= 11 is 0. The Morgan fingerprint density at radius 2 is 1.94 bits per heavy atom. The Bertz CT molecular complexity index is 1320. The van der Waals surface area contributed by atoms with Gasteiger partial charge in [-0.05, 0) is 44.4 Å². The van der Waals surface area contributed by atoms with E-state index in [1.54, 1.807) is 7.05 Å². The second-order valence-corrected chi connectivity index (χ2v) is 8.84. The van der Waals surface area contributed by atoms with Crippen LogP contribution < -0.4 is 15.6 Å². The van der Waals surface area contributed by atoms with Gasteiger partial charge >= 0.3 is 6.36 Å². The van der Waals surface area contributed by atoms with Gasteiger partial charge in [0.05, 0.1) is 17.3 Å². The summed E-state index contributed by atoms with van der Waals surface area (Å²) in [5.41, 5.74) is -1.21. The summed E-state index contributed by atoms with van der Waals surface area (Å²) in [6, 6.07) is 2.85. The number of nitrogens with one attached hydrogen (secondary N) is 1. The molecule has 1 amide bonds. The van der Waals surface area contributed by atoms with E-state index in [-0.39, 0.29) is 28.3 Å². The van der Waals surface area contributed by atoms with Crippen LogP contribution in [0.5, 0.6) is 5.75 Å². The van der Waals surface area contributed by atoms with Crippen molar-refractivity contribution in [3.63, 3.8) is 0 Å². The summed E-state index contributed by atoms with van der Waals surface area (Å²) in [7, 11) is 1.56. The summed E-state index contributed by atoms with van der Waals surface area (Å²) in [5.74, 6) is -2.90. The minimum Gasteiger partial charge on any atom is -0.403 e. The molecule has 2 heterocycles. The molecule has 4 rings (SSSR count). The SMILES string of the molecule is Cn1cc(C(=O)NC(c2ccc(OC(F)(F)F)c(F)c2)C(C)(C)O)c2nc(C3CC3)cc(=O)n21. The molecule has 0 radical (unpaired) electrons. The largest absolute Gasteiger partial charge is 0.573 e. The monoisotopic (exact) mass is 482 g/mol. The zero-order valence-electron chi connectivity index (χ0n) is 18.5. The van der Waals surface area contributed by atoms with Crippen LogP contribution in [0.25, 0.3) is 5.65 Å². The van der Waals surface area contributed by atoms with Crippen LogP contribution in [-0.2, 0) is 7.05 Å². The van der Waals surface area contributed by atoms with Gasteiger partial charge in [-0.1, -0.05) is 6.07 Å². The molecule has 1 fully saturated rings. The van der Waals surface area contributed by atoms with Crippen molar-refractivity contribution < 1.29 is 32.2 Å². The van der Waals surface area contributed by atoms with E-state index >= 15 is 0 Å². The molecule has 1 unspecified atom stereocenters. The number of rotatable bonds is 6. The lowest BCUT2D eigenvalue weighted by molar-refractivity contribution is -0.275. The van der Waals surface area contributed by atoms with Gasteiger partial charge in [0.2, 0.25) is 0 Å². The number of fused-ring (bicyclic) bond motifs is 1. The fourth-order valence-electron chi connectivity index (χ4n) is 3.80. The molecule has 3 aromatic rings. The van der Waals surface area contributed by atoms with E-state index in [1.165, 1.54) is 35.3 Å². The average Bonchev–Trinajstić information content (AvgIpc) is 3.49. The standard InChI is InChI=1S/C22H22F4N4O4/c1-21(2,33)18(12-6-7-16(14(23)8-12)34-22(24,25)26)28-20(32)13-10-29(3)30-17(31)9-15(11-4-5-11)27-19(13)30/h6-11,18,33H,4-5H2,1-3H3,(H,28,32). The van der Waals surface area contributed by atoms with E-state index in [1.807, 2.05) is 0 Å². The van der Waals surface area contributed by atoms with Crippen LogP contribution in [0.2, 0.25) is 0 Å². The second kappa shape index (κ2) is 8.12. The number of aromatic nitrogens is 3. The van der Waals surface area contributed by atoms with Gasteiger partial charge in [0, 0.05) is 25.2 Å². The first-order valence-electron chi connectivity index (χ1n) is 10.4. The number of amides is 1. The lowest BCUT2D eigenvalue weighted by atomic mass is 9.91. The Hall–Kier alpha value is -3.41. The van der Waals surface area contributed by atoms with Crippen molar-refractivity contribution in [3.05, 3.63) is 63.5 Å². The highest BCUT2D eigenvalue weighted by Crippen LogP contribution is 2.38. The molecule has 34 heavy (non-hydrogen) atoms. The first-order chi connectivity index (χ1) is 15.7. The number of carbonyl (C=O) groups excluding carboxylic acids is 1. The second-order valence-electron chi connectivity index (χ2n) is 8.84. The van der Waals surface area contributed by atoms with E-state index < -0.39 is 35.5 Å². The zero-order valence-corrected chi connectivity index (χ0v) is 18.5. The average molecular weight is 482 g/mol. The number of aryl methyl sites for hydroxylation is 1. The highest BCUT2D eigenvalue weighted by Gasteiger charge is 2.35. The van der Waals surface area contributed by atoms with E-state index in [9.17, 15) is 32.3 Å². The summed E-state index contributed by atoms with van der Waals surface area (Å²) < 4.78 is 57.9. The van der Waals surface area contributed by atoms with Crippen molar-refractivity contribution in [2.24, 2.45) is 7.05 Å². The number of aliphatic hydroxyl groups is 1. The minimum atomic E-state index is -5.08. The lowest BCUT2D eigenvalue weighted by Gasteiger charge is -2.30. The number of benzene rings is 1. The molecule has 0 bridgehead atoms. The van der Waals surface area contributed by atoms with Crippen LogP contribution in [0.3, 0.4) is 0 Å². The van der Waals surface area contributed by atoms with Crippen LogP contribution in [-0.4, -0.2) is 37.2 Å². The lowest BCUT2D eigenvalue weighted by Crippen LogP contribution is -2.42. The van der Waals surface area contributed by atoms with Gasteiger partial charge in [-0.2, -0.15) is 4.52 Å². The zero-order chi connectivity index (χ0) is 25.0. The molecule has 182 valence electrons. The number of halogens is 4. The molecule has 0 aliphatic heterocycles. The fraction of sp³-hybridized carbons (Fsp3) is 0.409. The highest BCUT2D eigenvalue weighted by molar-refractivity contribution is 6.00. The number of nitrogens with zero attached hydrogens (tertiary/aromatic N) is 3. The molecular formula is C22H22F4N4O4. The summed E-state index contributed by atoms with van der Waals surface area (Å²) in [4.78, 5) is 30.2. The molecular weight excluding hydrogens is 460 g/mol. The summed E-state index contributed by atoms with van der Waals surface area (Å²) in [6.45, 7) is 2.71. The number of ether oxygens (including phenoxy) is 1. The maximum atomic E-state index is 14.3. The maximum absolute atomic E-state index is 14.3. The predicted octanol–water partition coefficient (Wildman–Crippen LogP) is 3.19. The third-order valence-electron chi connectivity index (χ3n) is 5.53. The Kier molecular flexibility index (Phi) is 5.67. The molecule has 1 aliphatic carbocycles.